The van der Waals surface area contributed by atoms with Crippen LogP contribution in [0.1, 0.15) is 59.2 Å². The lowest BCUT2D eigenvalue weighted by molar-refractivity contribution is -0.128. The highest BCUT2D eigenvalue weighted by atomic mass is 16.2. The van der Waals surface area contributed by atoms with Gasteiger partial charge < -0.3 is 4.90 Å². The van der Waals surface area contributed by atoms with Gasteiger partial charge in [-0.1, -0.05) is 50.2 Å². The van der Waals surface area contributed by atoms with Crippen LogP contribution in [0.4, 0.5) is 11.4 Å². The van der Waals surface area contributed by atoms with E-state index in [1.165, 1.54) is 5.56 Å². The molecule has 2 amide bonds. The molecule has 0 aromatic heterocycles. The van der Waals surface area contributed by atoms with Crippen LogP contribution in [0.2, 0.25) is 0 Å². The van der Waals surface area contributed by atoms with Crippen molar-refractivity contribution in [2.45, 2.75) is 53.5 Å². The number of amides is 2. The van der Waals surface area contributed by atoms with E-state index in [0.29, 0.717) is 5.92 Å². The van der Waals surface area contributed by atoms with E-state index < -0.39 is 6.04 Å². The van der Waals surface area contributed by atoms with Gasteiger partial charge >= 0.3 is 0 Å². The van der Waals surface area contributed by atoms with Crippen molar-refractivity contribution in [1.82, 2.24) is 0 Å². The molecular weight excluding hydrogens is 408 g/mol. The SMILES string of the molecule is Cc1ccc(N2CC(=O)N(c3ccc(C)c(C)c3)C(c3ccc(C(C)C)cc3)C2=O)cc1C. The Morgan fingerprint density at radius 1 is 0.727 bits per heavy atom. The average Bonchev–Trinajstić information content (AvgIpc) is 2.79. The first-order valence-electron chi connectivity index (χ1n) is 11.5. The largest absolute Gasteiger partial charge is 0.301 e. The maximum atomic E-state index is 14.0. The Balaban J connectivity index is 1.82. The summed E-state index contributed by atoms with van der Waals surface area (Å²) >= 11 is 0. The summed E-state index contributed by atoms with van der Waals surface area (Å²) in [5.74, 6) is 0.216. The van der Waals surface area contributed by atoms with Crippen LogP contribution in [-0.2, 0) is 9.59 Å². The van der Waals surface area contributed by atoms with Gasteiger partial charge in [-0.2, -0.15) is 0 Å². The summed E-state index contributed by atoms with van der Waals surface area (Å²) in [7, 11) is 0. The van der Waals surface area contributed by atoms with Gasteiger partial charge in [0, 0.05) is 11.4 Å². The van der Waals surface area contributed by atoms with Crippen molar-refractivity contribution < 1.29 is 9.59 Å². The molecule has 1 fully saturated rings. The minimum Gasteiger partial charge on any atom is -0.301 e. The zero-order chi connectivity index (χ0) is 23.9. The van der Waals surface area contributed by atoms with Gasteiger partial charge in [-0.3, -0.25) is 14.5 Å². The molecule has 0 radical (unpaired) electrons. The van der Waals surface area contributed by atoms with Crippen LogP contribution in [0.25, 0.3) is 0 Å². The molecule has 1 heterocycles. The quantitative estimate of drug-likeness (QED) is 0.487. The molecule has 1 unspecified atom stereocenters. The molecule has 170 valence electrons. The number of carbonyl (C=O) groups excluding carboxylic acids is 2. The van der Waals surface area contributed by atoms with Gasteiger partial charge in [0.05, 0.1) is 0 Å². The normalized spacial score (nSPS) is 16.6. The van der Waals surface area contributed by atoms with Gasteiger partial charge in [0.15, 0.2) is 0 Å². The molecule has 0 N–H and O–H groups in total. The number of carbonyl (C=O) groups is 2. The van der Waals surface area contributed by atoms with Crippen LogP contribution in [0.3, 0.4) is 0 Å². The molecule has 1 saturated heterocycles. The van der Waals surface area contributed by atoms with Crippen LogP contribution in [0.15, 0.2) is 60.7 Å². The number of benzene rings is 3. The highest BCUT2D eigenvalue weighted by Crippen LogP contribution is 2.36. The van der Waals surface area contributed by atoms with Crippen molar-refractivity contribution in [2.24, 2.45) is 0 Å². The van der Waals surface area contributed by atoms with Gasteiger partial charge in [-0.15, -0.1) is 0 Å². The summed E-state index contributed by atoms with van der Waals surface area (Å²) in [6, 6.07) is 19.3. The third-order valence-electron chi connectivity index (χ3n) is 6.81. The first-order valence-corrected chi connectivity index (χ1v) is 11.5. The van der Waals surface area contributed by atoms with Gasteiger partial charge in [0.25, 0.3) is 5.91 Å². The summed E-state index contributed by atoms with van der Waals surface area (Å²) in [4.78, 5) is 30.8. The van der Waals surface area contributed by atoms with Crippen molar-refractivity contribution in [3.05, 3.63) is 94.0 Å². The summed E-state index contributed by atoms with van der Waals surface area (Å²) in [6.07, 6.45) is 0. The zero-order valence-electron chi connectivity index (χ0n) is 20.3. The van der Waals surface area contributed by atoms with Crippen LogP contribution >= 0.6 is 0 Å². The molecule has 0 saturated carbocycles. The molecule has 1 atom stereocenters. The monoisotopic (exact) mass is 440 g/mol. The van der Waals surface area contributed by atoms with E-state index >= 15 is 0 Å². The lowest BCUT2D eigenvalue weighted by Gasteiger charge is -2.40. The molecule has 0 spiro atoms. The topological polar surface area (TPSA) is 40.6 Å². The maximum absolute atomic E-state index is 14.0. The van der Waals surface area contributed by atoms with Crippen molar-refractivity contribution in [2.75, 3.05) is 16.3 Å². The van der Waals surface area contributed by atoms with E-state index in [2.05, 4.69) is 26.0 Å². The van der Waals surface area contributed by atoms with Crippen molar-refractivity contribution in [1.29, 1.82) is 0 Å². The molecule has 3 aromatic carbocycles. The second-order valence-electron chi connectivity index (χ2n) is 9.45. The van der Waals surface area contributed by atoms with Crippen molar-refractivity contribution in [3.63, 3.8) is 0 Å². The highest BCUT2D eigenvalue weighted by molar-refractivity contribution is 6.14. The molecule has 3 aromatic rings. The number of anilines is 2. The molecule has 0 aliphatic carbocycles. The number of hydrogen-bond acceptors (Lipinski definition) is 2. The Labute approximate surface area is 196 Å². The number of piperazine rings is 1. The molecule has 4 nitrogen and oxygen atoms in total. The first-order chi connectivity index (χ1) is 15.7. The number of nitrogens with zero attached hydrogens (tertiary/aromatic N) is 2. The van der Waals surface area contributed by atoms with Crippen LogP contribution in [-0.4, -0.2) is 18.4 Å². The van der Waals surface area contributed by atoms with Crippen LogP contribution < -0.4 is 9.80 Å². The van der Waals surface area contributed by atoms with E-state index in [1.807, 2.05) is 76.2 Å². The van der Waals surface area contributed by atoms with E-state index in [-0.39, 0.29) is 18.4 Å². The predicted octanol–water partition coefficient (Wildman–Crippen LogP) is 6.16. The molecule has 4 rings (SSSR count). The summed E-state index contributed by atoms with van der Waals surface area (Å²) in [5.41, 5.74) is 8.06. The molecule has 4 heteroatoms. The smallest absolute Gasteiger partial charge is 0.255 e. The van der Waals surface area contributed by atoms with Crippen molar-refractivity contribution in [3.8, 4) is 0 Å². The van der Waals surface area contributed by atoms with E-state index in [9.17, 15) is 9.59 Å². The second-order valence-corrected chi connectivity index (χ2v) is 9.45. The van der Waals surface area contributed by atoms with E-state index in [1.54, 1.807) is 9.80 Å². The average molecular weight is 441 g/mol. The molecule has 1 aliphatic heterocycles. The van der Waals surface area contributed by atoms with Crippen LogP contribution in [0.5, 0.6) is 0 Å². The van der Waals surface area contributed by atoms with Crippen molar-refractivity contribution >= 4 is 23.2 Å². The Hall–Kier alpha value is -3.40. The Morgan fingerprint density at radius 3 is 1.82 bits per heavy atom. The molecular formula is C29H32N2O2. The number of aryl methyl sites for hydroxylation is 4. The standard InChI is InChI=1S/C29H32N2O2/c1-18(2)23-9-11-24(12-10-23)28-29(33)30(25-13-7-19(3)21(5)15-25)17-27(32)31(28)26-14-8-20(4)22(6)16-26/h7-16,18,28H,17H2,1-6H3. The zero-order valence-corrected chi connectivity index (χ0v) is 20.3. The molecule has 1 aliphatic rings. The maximum Gasteiger partial charge on any atom is 0.255 e. The molecule has 0 bridgehead atoms. The summed E-state index contributed by atoms with van der Waals surface area (Å²) < 4.78 is 0. The first kappa shape index (κ1) is 22.8. The Bertz CT molecular complexity index is 1210. The lowest BCUT2D eigenvalue weighted by Crippen LogP contribution is -2.56. The third-order valence-corrected chi connectivity index (χ3v) is 6.81. The minimum absolute atomic E-state index is 0.0227. The molecule has 33 heavy (non-hydrogen) atoms. The van der Waals surface area contributed by atoms with E-state index in [4.69, 9.17) is 0 Å². The Morgan fingerprint density at radius 2 is 1.27 bits per heavy atom. The Kier molecular flexibility index (Phi) is 6.11. The van der Waals surface area contributed by atoms with Gasteiger partial charge in [-0.25, -0.2) is 0 Å². The minimum atomic E-state index is -0.712. The summed E-state index contributed by atoms with van der Waals surface area (Å²) in [5, 5.41) is 0. The number of rotatable bonds is 4. The predicted molar refractivity (Wildman–Crippen MR) is 135 cm³/mol. The lowest BCUT2D eigenvalue weighted by atomic mass is 9.95. The fourth-order valence-electron chi connectivity index (χ4n) is 4.33. The highest BCUT2D eigenvalue weighted by Gasteiger charge is 2.42. The number of hydrogen-bond donors (Lipinski definition) is 0. The fourth-order valence-corrected chi connectivity index (χ4v) is 4.33. The van der Waals surface area contributed by atoms with Gasteiger partial charge in [0.2, 0.25) is 5.91 Å². The fraction of sp³-hybridized carbons (Fsp3) is 0.310. The second kappa shape index (κ2) is 8.86. The van der Waals surface area contributed by atoms with Gasteiger partial charge in [-0.05, 0) is 91.3 Å². The van der Waals surface area contributed by atoms with Crippen LogP contribution in [0, 0.1) is 27.7 Å². The summed E-state index contributed by atoms with van der Waals surface area (Å²) in [6.45, 7) is 12.5. The van der Waals surface area contributed by atoms with Gasteiger partial charge in [0.1, 0.15) is 12.6 Å². The van der Waals surface area contributed by atoms with E-state index in [0.717, 1.165) is 39.2 Å². The third kappa shape index (κ3) is 4.30.